The fraction of sp³-hybridized carbons (Fsp3) is 0.538. The van der Waals surface area contributed by atoms with Crippen LogP contribution in [0.25, 0.3) is 0 Å². The van der Waals surface area contributed by atoms with Gasteiger partial charge < -0.3 is 15.4 Å². The normalized spacial score (nSPS) is 22.9. The molecule has 2 N–H and O–H groups in total. The number of ether oxygens (including phenoxy) is 1. The molecule has 1 aromatic carbocycles. The predicted molar refractivity (Wildman–Crippen MR) is 74.1 cm³/mol. The first-order valence-corrected chi connectivity index (χ1v) is 7.43. The molecule has 18 heavy (non-hydrogen) atoms. The van der Waals surface area contributed by atoms with E-state index < -0.39 is 10.8 Å². The largest absolute Gasteiger partial charge is 0.399 e. The van der Waals surface area contributed by atoms with Crippen LogP contribution in [0.2, 0.25) is 0 Å². The van der Waals surface area contributed by atoms with Gasteiger partial charge in [0.25, 0.3) is 0 Å². The van der Waals surface area contributed by atoms with Crippen LogP contribution in [0.3, 0.4) is 0 Å². The Bertz CT molecular complexity index is 451. The van der Waals surface area contributed by atoms with Crippen LogP contribution in [0, 0.1) is 6.92 Å². The summed E-state index contributed by atoms with van der Waals surface area (Å²) in [7, 11) is 1.01. The van der Waals surface area contributed by atoms with Crippen LogP contribution in [0.15, 0.2) is 23.1 Å². The van der Waals surface area contributed by atoms with Gasteiger partial charge >= 0.3 is 0 Å². The van der Waals surface area contributed by atoms with E-state index in [9.17, 15) is 4.21 Å². The number of hydrogen-bond donors (Lipinski definition) is 1. The number of hydrogen-bond acceptors (Lipinski definition) is 4. The van der Waals surface area contributed by atoms with Gasteiger partial charge in [-0.05, 0) is 31.7 Å². The zero-order valence-electron chi connectivity index (χ0n) is 10.9. The van der Waals surface area contributed by atoms with Crippen molar-refractivity contribution in [1.29, 1.82) is 0 Å². The van der Waals surface area contributed by atoms with Gasteiger partial charge in [-0.25, -0.2) is 0 Å². The van der Waals surface area contributed by atoms with Crippen molar-refractivity contribution in [3.8, 4) is 0 Å². The molecular formula is C13H20N2O2S. The molecule has 4 nitrogen and oxygen atoms in total. The maximum atomic E-state index is 12.3. The molecule has 1 heterocycles. The summed E-state index contributed by atoms with van der Waals surface area (Å²) in [6, 6.07) is 5.55. The summed E-state index contributed by atoms with van der Waals surface area (Å²) in [6.45, 7) is 4.46. The van der Waals surface area contributed by atoms with E-state index in [1.165, 1.54) is 0 Å². The minimum atomic E-state index is -1.05. The summed E-state index contributed by atoms with van der Waals surface area (Å²) >= 11 is 0. The average Bonchev–Trinajstić information content (AvgIpc) is 2.32. The molecule has 0 saturated carbocycles. The van der Waals surface area contributed by atoms with Crippen LogP contribution < -0.4 is 5.73 Å². The summed E-state index contributed by atoms with van der Waals surface area (Å²) in [5, 5.41) is 0. The summed E-state index contributed by atoms with van der Waals surface area (Å²) < 4.78 is 18.0. The molecule has 5 heteroatoms. The molecule has 2 unspecified atom stereocenters. The van der Waals surface area contributed by atoms with Gasteiger partial charge in [-0.3, -0.25) is 4.21 Å². The highest BCUT2D eigenvalue weighted by molar-refractivity contribution is 7.85. The van der Waals surface area contributed by atoms with Gasteiger partial charge in [0.15, 0.2) is 0 Å². The fourth-order valence-corrected chi connectivity index (χ4v) is 3.50. The van der Waals surface area contributed by atoms with E-state index in [-0.39, 0.29) is 6.10 Å². The van der Waals surface area contributed by atoms with Crippen molar-refractivity contribution < 1.29 is 8.95 Å². The molecule has 0 bridgehead atoms. The van der Waals surface area contributed by atoms with Crippen LogP contribution in [0.1, 0.15) is 5.56 Å². The summed E-state index contributed by atoms with van der Waals surface area (Å²) in [5.41, 5.74) is 7.42. The third-order valence-corrected chi connectivity index (χ3v) is 4.74. The Balaban J connectivity index is 2.05. The minimum Gasteiger partial charge on any atom is -0.399 e. The topological polar surface area (TPSA) is 55.6 Å². The number of likely N-dealkylation sites (N-methyl/N-ethyl adjacent to an activating group) is 1. The molecule has 0 aromatic heterocycles. The molecule has 0 radical (unpaired) electrons. The standard InChI is InChI=1S/C13H20N2O2S/c1-10-3-4-11(14)7-13(10)18(16)9-12-8-15(2)5-6-17-12/h3-4,7,12H,5-6,8-9,14H2,1-2H3. The Hall–Kier alpha value is -0.910. The highest BCUT2D eigenvalue weighted by Gasteiger charge is 2.21. The Morgan fingerprint density at radius 3 is 3.06 bits per heavy atom. The van der Waals surface area contributed by atoms with Crippen molar-refractivity contribution in [2.45, 2.75) is 17.9 Å². The number of rotatable bonds is 3. The lowest BCUT2D eigenvalue weighted by Gasteiger charge is -2.29. The molecular weight excluding hydrogens is 248 g/mol. The summed E-state index contributed by atoms with van der Waals surface area (Å²) in [5.74, 6) is 0.536. The SMILES string of the molecule is Cc1ccc(N)cc1S(=O)CC1CN(C)CCO1. The Labute approximate surface area is 111 Å². The molecule has 2 rings (SSSR count). The number of nitrogens with two attached hydrogens (primary N) is 1. The monoisotopic (exact) mass is 268 g/mol. The molecule has 1 fully saturated rings. The molecule has 2 atom stereocenters. The molecule has 1 saturated heterocycles. The lowest BCUT2D eigenvalue weighted by molar-refractivity contribution is -0.00640. The third kappa shape index (κ3) is 3.31. The highest BCUT2D eigenvalue weighted by atomic mass is 32.2. The van der Waals surface area contributed by atoms with Gasteiger partial charge in [-0.2, -0.15) is 0 Å². The average molecular weight is 268 g/mol. The second kappa shape index (κ2) is 5.82. The van der Waals surface area contributed by atoms with Gasteiger partial charge in [0.2, 0.25) is 0 Å². The smallest absolute Gasteiger partial charge is 0.0821 e. The van der Waals surface area contributed by atoms with E-state index in [0.717, 1.165) is 23.5 Å². The number of nitrogens with zero attached hydrogens (tertiary/aromatic N) is 1. The van der Waals surface area contributed by atoms with Crippen molar-refractivity contribution in [3.05, 3.63) is 23.8 Å². The number of anilines is 1. The van der Waals surface area contributed by atoms with E-state index >= 15 is 0 Å². The molecule has 1 aliphatic rings. The van der Waals surface area contributed by atoms with Gasteiger partial charge in [-0.15, -0.1) is 0 Å². The van der Waals surface area contributed by atoms with E-state index in [2.05, 4.69) is 11.9 Å². The zero-order chi connectivity index (χ0) is 13.1. The summed E-state index contributed by atoms with van der Waals surface area (Å²) in [6.07, 6.45) is 0.0467. The number of morpholine rings is 1. The molecule has 0 amide bonds. The quantitative estimate of drug-likeness (QED) is 0.832. The van der Waals surface area contributed by atoms with E-state index in [0.29, 0.717) is 18.0 Å². The predicted octanol–water partition coefficient (Wildman–Crippen LogP) is 1.02. The first-order chi connectivity index (χ1) is 8.56. The Kier molecular flexibility index (Phi) is 4.37. The van der Waals surface area contributed by atoms with Crippen LogP contribution in [0.5, 0.6) is 0 Å². The number of benzene rings is 1. The van der Waals surface area contributed by atoms with Crippen LogP contribution in [0.4, 0.5) is 5.69 Å². The van der Waals surface area contributed by atoms with E-state index in [4.69, 9.17) is 10.5 Å². The molecule has 1 aliphatic heterocycles. The van der Waals surface area contributed by atoms with Crippen molar-refractivity contribution in [1.82, 2.24) is 4.90 Å². The van der Waals surface area contributed by atoms with Gasteiger partial charge in [0, 0.05) is 23.7 Å². The first kappa shape index (κ1) is 13.5. The highest BCUT2D eigenvalue weighted by Crippen LogP contribution is 2.18. The van der Waals surface area contributed by atoms with Gasteiger partial charge in [0.1, 0.15) is 0 Å². The van der Waals surface area contributed by atoms with E-state index in [1.807, 2.05) is 19.1 Å². The molecule has 0 aliphatic carbocycles. The fourth-order valence-electron chi connectivity index (χ4n) is 2.09. The summed E-state index contributed by atoms with van der Waals surface area (Å²) in [4.78, 5) is 3.03. The molecule has 0 spiro atoms. The second-order valence-electron chi connectivity index (χ2n) is 4.79. The Morgan fingerprint density at radius 1 is 1.56 bits per heavy atom. The van der Waals surface area contributed by atoms with Crippen LogP contribution in [-0.2, 0) is 15.5 Å². The first-order valence-electron chi connectivity index (χ1n) is 6.11. The lowest BCUT2D eigenvalue weighted by Crippen LogP contribution is -2.42. The van der Waals surface area contributed by atoms with Crippen molar-refractivity contribution in [2.75, 3.05) is 38.2 Å². The molecule has 100 valence electrons. The van der Waals surface area contributed by atoms with Crippen molar-refractivity contribution >= 4 is 16.5 Å². The van der Waals surface area contributed by atoms with Crippen molar-refractivity contribution in [3.63, 3.8) is 0 Å². The third-order valence-electron chi connectivity index (χ3n) is 3.14. The second-order valence-corrected chi connectivity index (χ2v) is 6.26. The zero-order valence-corrected chi connectivity index (χ0v) is 11.7. The number of aryl methyl sites for hydroxylation is 1. The Morgan fingerprint density at radius 2 is 2.33 bits per heavy atom. The van der Waals surface area contributed by atoms with Crippen LogP contribution in [-0.4, -0.2) is 47.7 Å². The maximum absolute atomic E-state index is 12.3. The van der Waals surface area contributed by atoms with E-state index in [1.54, 1.807) is 6.07 Å². The van der Waals surface area contributed by atoms with Gasteiger partial charge in [0.05, 0.1) is 29.3 Å². The van der Waals surface area contributed by atoms with Gasteiger partial charge in [-0.1, -0.05) is 6.07 Å². The van der Waals surface area contributed by atoms with Crippen LogP contribution >= 0.6 is 0 Å². The molecule has 1 aromatic rings. The maximum Gasteiger partial charge on any atom is 0.0821 e. The minimum absolute atomic E-state index is 0.0467. The van der Waals surface area contributed by atoms with Crippen molar-refractivity contribution in [2.24, 2.45) is 0 Å². The number of nitrogen functional groups attached to an aromatic ring is 1. The lowest BCUT2D eigenvalue weighted by atomic mass is 10.2.